The number of hydrogen-bond acceptors (Lipinski definition) is 5. The van der Waals surface area contributed by atoms with Gasteiger partial charge in [0.25, 0.3) is 5.91 Å². The third-order valence-corrected chi connectivity index (χ3v) is 3.98. The molecule has 148 valence electrons. The fraction of sp³-hybridized carbons (Fsp3) is 0.550. The van der Waals surface area contributed by atoms with Gasteiger partial charge in [-0.1, -0.05) is 19.9 Å². The summed E-state index contributed by atoms with van der Waals surface area (Å²) in [5.74, 6) is -0.340. The van der Waals surface area contributed by atoms with Crippen LogP contribution >= 0.6 is 0 Å². The zero-order chi connectivity index (χ0) is 20.0. The van der Waals surface area contributed by atoms with Crippen molar-refractivity contribution < 1.29 is 23.9 Å². The summed E-state index contributed by atoms with van der Waals surface area (Å²) in [6, 6.07) is 5.97. The Labute approximate surface area is 160 Å². The number of piperazine rings is 1. The molecule has 1 aliphatic heterocycles. The van der Waals surface area contributed by atoms with Gasteiger partial charge in [-0.15, -0.1) is 0 Å². The average molecular weight is 376 g/mol. The van der Waals surface area contributed by atoms with Crippen LogP contribution in [0.1, 0.15) is 44.5 Å². The maximum Gasteiger partial charge on any atom is 0.308 e. The van der Waals surface area contributed by atoms with Crippen LogP contribution < -0.4 is 10.1 Å². The smallest absolute Gasteiger partial charge is 0.308 e. The van der Waals surface area contributed by atoms with Gasteiger partial charge in [0.1, 0.15) is 11.8 Å². The van der Waals surface area contributed by atoms with E-state index < -0.39 is 12.0 Å². The molecule has 2 rings (SSSR count). The minimum absolute atomic E-state index is 0.0143. The van der Waals surface area contributed by atoms with Gasteiger partial charge >= 0.3 is 5.97 Å². The lowest BCUT2D eigenvalue weighted by Crippen LogP contribution is -2.57. The molecular formula is C20H28N2O5. The Kier molecular flexibility index (Phi) is 7.21. The Morgan fingerprint density at radius 2 is 2.00 bits per heavy atom. The van der Waals surface area contributed by atoms with Crippen molar-refractivity contribution in [3.05, 3.63) is 29.8 Å². The van der Waals surface area contributed by atoms with Gasteiger partial charge in [0.15, 0.2) is 0 Å². The van der Waals surface area contributed by atoms with E-state index in [0.29, 0.717) is 24.4 Å². The Morgan fingerprint density at radius 1 is 1.26 bits per heavy atom. The summed E-state index contributed by atoms with van der Waals surface area (Å²) in [6.07, 6.45) is -0.175. The molecule has 1 N–H and O–H groups in total. The monoisotopic (exact) mass is 376 g/mol. The highest BCUT2D eigenvalue weighted by Crippen LogP contribution is 2.19. The second-order valence-electron chi connectivity index (χ2n) is 7.28. The molecule has 1 atom stereocenters. The molecule has 1 fully saturated rings. The number of carbonyl (C=O) groups is 3. The first kappa shape index (κ1) is 20.7. The van der Waals surface area contributed by atoms with Crippen LogP contribution in [0.25, 0.3) is 0 Å². The Bertz CT molecular complexity index is 687. The number of rotatable bonds is 7. The molecule has 0 aliphatic carbocycles. The van der Waals surface area contributed by atoms with Crippen molar-refractivity contribution in [3.63, 3.8) is 0 Å². The van der Waals surface area contributed by atoms with Crippen LogP contribution in [-0.2, 0) is 14.3 Å². The van der Waals surface area contributed by atoms with E-state index in [1.807, 2.05) is 27.7 Å². The van der Waals surface area contributed by atoms with E-state index in [-0.39, 0.29) is 36.9 Å². The molecule has 7 heteroatoms. The van der Waals surface area contributed by atoms with Crippen LogP contribution in [0.15, 0.2) is 24.3 Å². The van der Waals surface area contributed by atoms with Gasteiger partial charge in [0.05, 0.1) is 19.1 Å². The maximum atomic E-state index is 13.0. The van der Waals surface area contributed by atoms with Gasteiger partial charge in [-0.25, -0.2) is 0 Å². The minimum Gasteiger partial charge on any atom is -0.491 e. The summed E-state index contributed by atoms with van der Waals surface area (Å²) >= 11 is 0. The molecular weight excluding hydrogens is 348 g/mol. The first-order valence-corrected chi connectivity index (χ1v) is 9.29. The fourth-order valence-corrected chi connectivity index (χ4v) is 2.78. The van der Waals surface area contributed by atoms with Crippen molar-refractivity contribution >= 4 is 17.8 Å². The molecule has 1 saturated heterocycles. The van der Waals surface area contributed by atoms with E-state index in [1.54, 1.807) is 24.3 Å². The standard InChI is InChI=1S/C20H28N2O5/c1-13(2)12-26-18(23)11-17-19(24)21-8-9-22(17)20(25)15-6-5-7-16(10-15)27-14(3)4/h5-7,10,13-14,17H,8-9,11-12H2,1-4H3,(H,21,24). The zero-order valence-electron chi connectivity index (χ0n) is 16.4. The first-order valence-electron chi connectivity index (χ1n) is 9.29. The van der Waals surface area contributed by atoms with Crippen LogP contribution in [0.5, 0.6) is 5.75 Å². The largest absolute Gasteiger partial charge is 0.491 e. The van der Waals surface area contributed by atoms with Crippen molar-refractivity contribution in [1.82, 2.24) is 10.2 Å². The Balaban J connectivity index is 2.14. The van der Waals surface area contributed by atoms with Crippen molar-refractivity contribution in [1.29, 1.82) is 0 Å². The average Bonchev–Trinajstić information content (AvgIpc) is 2.60. The molecule has 2 amide bonds. The van der Waals surface area contributed by atoms with Crippen molar-refractivity contribution in [3.8, 4) is 5.75 Å². The second kappa shape index (κ2) is 9.39. The predicted octanol–water partition coefficient (Wildman–Crippen LogP) is 2.00. The van der Waals surface area contributed by atoms with Crippen LogP contribution in [0.2, 0.25) is 0 Å². The number of benzene rings is 1. The topological polar surface area (TPSA) is 84.9 Å². The lowest BCUT2D eigenvalue weighted by Gasteiger charge is -2.34. The van der Waals surface area contributed by atoms with E-state index in [4.69, 9.17) is 9.47 Å². The highest BCUT2D eigenvalue weighted by molar-refractivity contribution is 5.99. The number of carbonyl (C=O) groups excluding carboxylic acids is 3. The summed E-state index contributed by atoms with van der Waals surface area (Å²) in [4.78, 5) is 38.8. The van der Waals surface area contributed by atoms with Crippen molar-refractivity contribution in [2.75, 3.05) is 19.7 Å². The number of nitrogens with one attached hydrogen (secondary N) is 1. The molecule has 1 unspecified atom stereocenters. The summed E-state index contributed by atoms with van der Waals surface area (Å²) in [6.45, 7) is 8.65. The third-order valence-electron chi connectivity index (χ3n) is 3.98. The minimum atomic E-state index is -0.874. The number of amides is 2. The van der Waals surface area contributed by atoms with Gasteiger partial charge < -0.3 is 19.7 Å². The molecule has 0 aromatic heterocycles. The molecule has 0 saturated carbocycles. The van der Waals surface area contributed by atoms with Crippen molar-refractivity contribution in [2.45, 2.75) is 46.3 Å². The molecule has 7 nitrogen and oxygen atoms in total. The lowest BCUT2D eigenvalue weighted by atomic mass is 10.1. The quantitative estimate of drug-likeness (QED) is 0.736. The first-order chi connectivity index (χ1) is 12.8. The summed E-state index contributed by atoms with van der Waals surface area (Å²) in [7, 11) is 0. The molecule has 27 heavy (non-hydrogen) atoms. The molecule has 1 aliphatic rings. The Morgan fingerprint density at radius 3 is 2.67 bits per heavy atom. The predicted molar refractivity (Wildman–Crippen MR) is 100 cm³/mol. The van der Waals surface area contributed by atoms with Gasteiger partial charge in [0, 0.05) is 18.7 Å². The normalized spacial score (nSPS) is 17.0. The number of ether oxygens (including phenoxy) is 2. The molecule has 0 radical (unpaired) electrons. The van der Waals surface area contributed by atoms with E-state index in [0.717, 1.165) is 0 Å². The van der Waals surface area contributed by atoms with Gasteiger partial charge in [-0.2, -0.15) is 0 Å². The number of esters is 1. The van der Waals surface area contributed by atoms with Crippen LogP contribution in [0, 0.1) is 5.92 Å². The van der Waals surface area contributed by atoms with E-state index in [2.05, 4.69) is 5.32 Å². The molecule has 1 aromatic rings. The SMILES string of the molecule is CC(C)COC(=O)CC1C(=O)NCCN1C(=O)c1cccc(OC(C)C)c1. The van der Waals surface area contributed by atoms with Crippen LogP contribution in [0.4, 0.5) is 0 Å². The molecule has 0 bridgehead atoms. The highest BCUT2D eigenvalue weighted by atomic mass is 16.5. The number of hydrogen-bond donors (Lipinski definition) is 1. The number of nitrogens with zero attached hydrogens (tertiary/aromatic N) is 1. The van der Waals surface area contributed by atoms with E-state index in [1.165, 1.54) is 4.90 Å². The Hall–Kier alpha value is -2.57. The van der Waals surface area contributed by atoms with Crippen LogP contribution in [0.3, 0.4) is 0 Å². The second-order valence-corrected chi connectivity index (χ2v) is 7.28. The lowest BCUT2D eigenvalue weighted by molar-refractivity contribution is -0.148. The summed E-state index contributed by atoms with van der Waals surface area (Å²) in [5.41, 5.74) is 0.420. The fourth-order valence-electron chi connectivity index (χ4n) is 2.78. The van der Waals surface area contributed by atoms with Gasteiger partial charge in [-0.3, -0.25) is 14.4 Å². The highest BCUT2D eigenvalue weighted by Gasteiger charge is 2.35. The molecule has 0 spiro atoms. The summed E-state index contributed by atoms with van der Waals surface area (Å²) < 4.78 is 10.8. The van der Waals surface area contributed by atoms with E-state index >= 15 is 0 Å². The zero-order valence-corrected chi connectivity index (χ0v) is 16.4. The molecule has 1 aromatic carbocycles. The molecule has 1 heterocycles. The maximum absolute atomic E-state index is 13.0. The van der Waals surface area contributed by atoms with Gasteiger partial charge in [0.2, 0.25) is 5.91 Å². The van der Waals surface area contributed by atoms with Gasteiger partial charge in [-0.05, 0) is 38.0 Å². The van der Waals surface area contributed by atoms with Crippen LogP contribution in [-0.4, -0.2) is 54.5 Å². The third kappa shape index (κ3) is 5.98. The summed E-state index contributed by atoms with van der Waals surface area (Å²) in [5, 5.41) is 2.71. The van der Waals surface area contributed by atoms with Crippen molar-refractivity contribution in [2.24, 2.45) is 5.92 Å². The van der Waals surface area contributed by atoms with E-state index in [9.17, 15) is 14.4 Å².